The fraction of sp³-hybridized carbons (Fsp3) is 0.429. The zero-order valence-corrected chi connectivity index (χ0v) is 11.0. The molecule has 2 aliphatic rings. The summed E-state index contributed by atoms with van der Waals surface area (Å²) >= 11 is 0. The van der Waals surface area contributed by atoms with Gasteiger partial charge in [-0.2, -0.15) is 0 Å². The Morgan fingerprint density at radius 2 is 2.05 bits per heavy atom. The fourth-order valence-corrected chi connectivity index (χ4v) is 3.37. The van der Waals surface area contributed by atoms with Crippen LogP contribution in [-0.4, -0.2) is 28.9 Å². The quantitative estimate of drug-likeness (QED) is 0.783. The van der Waals surface area contributed by atoms with Gasteiger partial charge >= 0.3 is 0 Å². The lowest BCUT2D eigenvalue weighted by Crippen LogP contribution is -2.32. The summed E-state index contributed by atoms with van der Waals surface area (Å²) in [5.74, 6) is 1.08. The van der Waals surface area contributed by atoms with E-state index in [1.165, 1.54) is 12.8 Å². The molecule has 1 aromatic carbocycles. The van der Waals surface area contributed by atoms with Gasteiger partial charge in [0, 0.05) is 29.9 Å². The van der Waals surface area contributed by atoms with E-state index in [1.807, 2.05) is 12.1 Å². The average molecular weight is 271 g/mol. The minimum absolute atomic E-state index is 0.323. The van der Waals surface area contributed by atoms with Gasteiger partial charge in [0.15, 0.2) is 11.5 Å². The molecule has 2 fully saturated rings. The third-order valence-corrected chi connectivity index (χ3v) is 4.44. The number of hydrogen-bond acceptors (Lipinski definition) is 6. The van der Waals surface area contributed by atoms with Crippen LogP contribution in [0.5, 0.6) is 0 Å². The fourth-order valence-electron chi connectivity index (χ4n) is 3.37. The van der Waals surface area contributed by atoms with Gasteiger partial charge in [-0.3, -0.25) is 0 Å². The molecule has 2 bridgehead atoms. The van der Waals surface area contributed by atoms with Crippen LogP contribution in [0.2, 0.25) is 0 Å². The molecule has 4 N–H and O–H groups in total. The Bertz CT molecular complexity index is 588. The summed E-state index contributed by atoms with van der Waals surface area (Å²) < 4.78 is 4.63. The number of hydrogen-bond donors (Lipinski definition) is 3. The maximum atomic E-state index is 5.70. The zero-order valence-electron chi connectivity index (χ0n) is 11.0. The van der Waals surface area contributed by atoms with Gasteiger partial charge in [0.1, 0.15) is 0 Å². The van der Waals surface area contributed by atoms with Crippen molar-refractivity contribution in [3.63, 3.8) is 0 Å². The third-order valence-electron chi connectivity index (χ3n) is 4.44. The zero-order chi connectivity index (χ0) is 13.5. The van der Waals surface area contributed by atoms with E-state index in [0.717, 1.165) is 23.7 Å². The predicted octanol–water partition coefficient (Wildman–Crippen LogP) is 1.48. The first kappa shape index (κ1) is 11.7. The number of piperidine rings is 1. The predicted molar refractivity (Wildman–Crippen MR) is 76.1 cm³/mol. The SMILES string of the molecule is Nc1nonc1-c1ccc(NC2C3CCC2NC3)cc1. The number of nitrogens with two attached hydrogens (primary N) is 1. The first-order valence-corrected chi connectivity index (χ1v) is 6.99. The second kappa shape index (κ2) is 4.49. The summed E-state index contributed by atoms with van der Waals surface area (Å²) in [5, 5.41) is 14.6. The number of nitrogens with zero attached hydrogens (tertiary/aromatic N) is 2. The number of rotatable bonds is 3. The minimum atomic E-state index is 0.323. The minimum Gasteiger partial charge on any atom is -0.380 e. The van der Waals surface area contributed by atoms with Crippen LogP contribution >= 0.6 is 0 Å². The maximum absolute atomic E-state index is 5.70. The first-order valence-electron chi connectivity index (χ1n) is 6.99. The average Bonchev–Trinajstić information content (AvgIpc) is 3.17. The molecule has 1 aliphatic carbocycles. The Labute approximate surface area is 116 Å². The normalized spacial score (nSPS) is 27.9. The molecule has 2 aromatic rings. The van der Waals surface area contributed by atoms with Crippen molar-refractivity contribution in [3.8, 4) is 11.3 Å². The van der Waals surface area contributed by atoms with E-state index in [1.54, 1.807) is 0 Å². The Morgan fingerprint density at radius 1 is 1.20 bits per heavy atom. The van der Waals surface area contributed by atoms with Gasteiger partial charge < -0.3 is 16.4 Å². The van der Waals surface area contributed by atoms with Crippen LogP contribution in [0.25, 0.3) is 11.3 Å². The Morgan fingerprint density at radius 3 is 2.60 bits per heavy atom. The molecular weight excluding hydrogens is 254 g/mol. The van der Waals surface area contributed by atoms with Crippen LogP contribution in [0, 0.1) is 5.92 Å². The van der Waals surface area contributed by atoms with Crippen LogP contribution in [-0.2, 0) is 0 Å². The van der Waals surface area contributed by atoms with Crippen molar-refractivity contribution in [1.82, 2.24) is 15.6 Å². The maximum Gasteiger partial charge on any atom is 0.196 e. The Kier molecular flexibility index (Phi) is 2.63. The summed E-state index contributed by atoms with van der Waals surface area (Å²) in [4.78, 5) is 0. The summed E-state index contributed by atoms with van der Waals surface area (Å²) in [6.07, 6.45) is 2.61. The van der Waals surface area contributed by atoms with E-state index >= 15 is 0 Å². The van der Waals surface area contributed by atoms with E-state index < -0.39 is 0 Å². The second-order valence-corrected chi connectivity index (χ2v) is 5.60. The van der Waals surface area contributed by atoms with Crippen molar-refractivity contribution in [1.29, 1.82) is 0 Å². The van der Waals surface area contributed by atoms with Crippen LogP contribution in [0.15, 0.2) is 28.9 Å². The monoisotopic (exact) mass is 271 g/mol. The molecule has 1 aromatic heterocycles. The molecular formula is C14H17N5O. The Balaban J connectivity index is 1.52. The number of nitrogens with one attached hydrogen (secondary N) is 2. The summed E-state index contributed by atoms with van der Waals surface area (Å²) in [7, 11) is 0. The molecule has 0 radical (unpaired) electrons. The lowest BCUT2D eigenvalue weighted by Gasteiger charge is -2.18. The highest BCUT2D eigenvalue weighted by atomic mass is 16.6. The summed E-state index contributed by atoms with van der Waals surface area (Å²) in [6, 6.07) is 9.27. The molecule has 4 rings (SSSR count). The molecule has 1 saturated carbocycles. The first-order chi connectivity index (χ1) is 9.81. The lowest BCUT2D eigenvalue weighted by molar-refractivity contribution is 0.310. The molecule has 104 valence electrons. The van der Waals surface area contributed by atoms with Crippen molar-refractivity contribution in [2.45, 2.75) is 24.9 Å². The van der Waals surface area contributed by atoms with Gasteiger partial charge in [0.25, 0.3) is 0 Å². The lowest BCUT2D eigenvalue weighted by atomic mass is 10.1. The van der Waals surface area contributed by atoms with Crippen molar-refractivity contribution < 1.29 is 4.63 Å². The van der Waals surface area contributed by atoms with Crippen LogP contribution in [0.4, 0.5) is 11.5 Å². The van der Waals surface area contributed by atoms with E-state index in [4.69, 9.17) is 5.73 Å². The van der Waals surface area contributed by atoms with Crippen LogP contribution < -0.4 is 16.4 Å². The number of aromatic nitrogens is 2. The van der Waals surface area contributed by atoms with E-state index in [2.05, 4.69) is 37.7 Å². The van der Waals surface area contributed by atoms with Crippen molar-refractivity contribution in [2.75, 3.05) is 17.6 Å². The topological polar surface area (TPSA) is 89.0 Å². The Hall–Kier alpha value is -2.08. The smallest absolute Gasteiger partial charge is 0.196 e. The number of nitrogen functional groups attached to an aromatic ring is 1. The second-order valence-electron chi connectivity index (χ2n) is 5.60. The number of anilines is 2. The molecule has 0 spiro atoms. The van der Waals surface area contributed by atoms with Gasteiger partial charge in [0.05, 0.1) is 0 Å². The molecule has 6 heteroatoms. The highest BCUT2D eigenvalue weighted by Gasteiger charge is 2.41. The van der Waals surface area contributed by atoms with Crippen LogP contribution in [0.1, 0.15) is 12.8 Å². The number of fused-ring (bicyclic) bond motifs is 2. The van der Waals surface area contributed by atoms with Crippen molar-refractivity contribution >= 4 is 11.5 Å². The standard InChI is InChI=1S/C14H17N5O/c15-14-13(18-20-19-14)8-1-4-10(5-2-8)17-12-9-3-6-11(12)16-7-9/h1-2,4-5,9,11-12,16-17H,3,6-7H2,(H2,15,19). The number of benzene rings is 1. The van der Waals surface area contributed by atoms with Crippen molar-refractivity contribution in [2.24, 2.45) is 5.92 Å². The molecule has 1 aliphatic heterocycles. The van der Waals surface area contributed by atoms with E-state index in [0.29, 0.717) is 23.6 Å². The van der Waals surface area contributed by atoms with Gasteiger partial charge in [-0.25, -0.2) is 4.63 Å². The van der Waals surface area contributed by atoms with Gasteiger partial charge in [0.2, 0.25) is 0 Å². The molecule has 3 unspecified atom stereocenters. The van der Waals surface area contributed by atoms with Crippen molar-refractivity contribution in [3.05, 3.63) is 24.3 Å². The molecule has 2 heterocycles. The molecule has 20 heavy (non-hydrogen) atoms. The van der Waals surface area contributed by atoms with E-state index in [-0.39, 0.29) is 0 Å². The summed E-state index contributed by atoms with van der Waals surface area (Å²) in [6.45, 7) is 1.14. The third kappa shape index (κ3) is 1.84. The van der Waals surface area contributed by atoms with Gasteiger partial charge in [-0.1, -0.05) is 12.1 Å². The molecule has 6 nitrogen and oxygen atoms in total. The van der Waals surface area contributed by atoms with Gasteiger partial charge in [-0.05, 0) is 41.2 Å². The highest BCUT2D eigenvalue weighted by molar-refractivity contribution is 5.70. The molecule has 0 amide bonds. The van der Waals surface area contributed by atoms with Gasteiger partial charge in [-0.15, -0.1) is 0 Å². The largest absolute Gasteiger partial charge is 0.380 e. The molecule has 1 saturated heterocycles. The molecule has 3 atom stereocenters. The highest BCUT2D eigenvalue weighted by Crippen LogP contribution is 2.34. The van der Waals surface area contributed by atoms with Crippen LogP contribution in [0.3, 0.4) is 0 Å². The van der Waals surface area contributed by atoms with E-state index in [9.17, 15) is 0 Å². The summed E-state index contributed by atoms with van der Waals surface area (Å²) in [5.41, 5.74) is 8.34.